The lowest BCUT2D eigenvalue weighted by molar-refractivity contribution is -0.389. The monoisotopic (exact) mass is 218 g/mol. The van der Waals surface area contributed by atoms with Gasteiger partial charge < -0.3 is 0 Å². The van der Waals surface area contributed by atoms with Gasteiger partial charge in [-0.3, -0.25) is 4.74 Å². The Hall–Kier alpha value is 0.190. The van der Waals surface area contributed by atoms with Crippen LogP contribution in [0.15, 0.2) is 0 Å². The standard InChI is InChI=1S/C3HCl2F5O/c4-1(5)11-3(9,10)2(6,7)8/h1H. The lowest BCUT2D eigenvalue weighted by Crippen LogP contribution is -2.40. The van der Waals surface area contributed by atoms with Gasteiger partial charge in [-0.15, -0.1) is 0 Å². The first-order chi connectivity index (χ1) is 4.67. The molecule has 0 heterocycles. The van der Waals surface area contributed by atoms with Crippen molar-refractivity contribution in [2.24, 2.45) is 0 Å². The van der Waals surface area contributed by atoms with Gasteiger partial charge in [-0.05, 0) is 0 Å². The molecule has 8 heteroatoms. The zero-order valence-corrected chi connectivity index (χ0v) is 6.14. The highest BCUT2D eigenvalue weighted by Gasteiger charge is 2.60. The van der Waals surface area contributed by atoms with Crippen LogP contribution in [0.2, 0.25) is 0 Å². The Bertz CT molecular complexity index is 132. The van der Waals surface area contributed by atoms with E-state index in [0.717, 1.165) is 0 Å². The fourth-order valence-corrected chi connectivity index (χ4v) is 0.402. The summed E-state index contributed by atoms with van der Waals surface area (Å²) < 4.78 is 59.8. The van der Waals surface area contributed by atoms with Crippen molar-refractivity contribution in [3.8, 4) is 0 Å². The lowest BCUT2D eigenvalue weighted by Gasteiger charge is -2.19. The molecule has 0 N–H and O–H groups in total. The maximum Gasteiger partial charge on any atom is 0.483 e. The Balaban J connectivity index is 4.22. The second-order valence-corrected chi connectivity index (χ2v) is 2.41. The summed E-state index contributed by atoms with van der Waals surface area (Å²) in [7, 11) is 0. The SMILES string of the molecule is FC(F)(F)C(F)(F)OC(Cl)Cl. The zero-order valence-electron chi connectivity index (χ0n) is 4.63. The van der Waals surface area contributed by atoms with Crippen LogP contribution in [0.5, 0.6) is 0 Å². The molecule has 0 bridgehead atoms. The van der Waals surface area contributed by atoms with Crippen molar-refractivity contribution in [1.82, 2.24) is 0 Å². The van der Waals surface area contributed by atoms with E-state index in [0.29, 0.717) is 0 Å². The molecule has 0 aliphatic rings. The molecule has 11 heavy (non-hydrogen) atoms. The number of alkyl halides is 7. The summed E-state index contributed by atoms with van der Waals surface area (Å²) in [6.45, 7) is 0. The first-order valence-corrected chi connectivity index (χ1v) is 2.94. The number of halogens is 7. The van der Waals surface area contributed by atoms with Gasteiger partial charge in [0.25, 0.3) is 0 Å². The van der Waals surface area contributed by atoms with E-state index in [2.05, 4.69) is 27.9 Å². The van der Waals surface area contributed by atoms with Crippen LogP contribution in [-0.2, 0) is 4.74 Å². The predicted octanol–water partition coefficient (Wildman–Crippen LogP) is 2.92. The zero-order chi connectivity index (χ0) is 9.28. The first-order valence-electron chi connectivity index (χ1n) is 2.07. The minimum atomic E-state index is -5.80. The van der Waals surface area contributed by atoms with Gasteiger partial charge in [0.05, 0.1) is 0 Å². The van der Waals surface area contributed by atoms with E-state index in [4.69, 9.17) is 0 Å². The Labute approximate surface area is 68.0 Å². The number of rotatable bonds is 2. The molecule has 0 aromatic carbocycles. The molecule has 0 aromatic heterocycles. The van der Waals surface area contributed by atoms with E-state index in [1.165, 1.54) is 0 Å². The molecular weight excluding hydrogens is 218 g/mol. The molecule has 0 rings (SSSR count). The van der Waals surface area contributed by atoms with Crippen LogP contribution in [-0.4, -0.2) is 17.3 Å². The summed E-state index contributed by atoms with van der Waals surface area (Å²) in [6, 6.07) is 0. The Morgan fingerprint density at radius 3 is 1.45 bits per heavy atom. The van der Waals surface area contributed by atoms with E-state index in [9.17, 15) is 22.0 Å². The highest BCUT2D eigenvalue weighted by atomic mass is 35.5. The van der Waals surface area contributed by atoms with Crippen molar-refractivity contribution in [3.05, 3.63) is 0 Å². The molecule has 68 valence electrons. The third-order valence-corrected chi connectivity index (χ3v) is 0.745. The molecule has 1 nitrogen and oxygen atoms in total. The molecule has 0 saturated heterocycles. The molecule has 0 aliphatic carbocycles. The summed E-state index contributed by atoms with van der Waals surface area (Å²) in [5.74, 6) is 0. The minimum absolute atomic E-state index is 2.22. The summed E-state index contributed by atoms with van der Waals surface area (Å²) in [6.07, 6.45) is -11.1. The normalized spacial score (nSPS) is 14.2. The van der Waals surface area contributed by atoms with Crippen molar-refractivity contribution in [1.29, 1.82) is 0 Å². The quantitative estimate of drug-likeness (QED) is 0.512. The van der Waals surface area contributed by atoms with Crippen molar-refractivity contribution in [2.75, 3.05) is 0 Å². The van der Waals surface area contributed by atoms with Crippen LogP contribution < -0.4 is 0 Å². The van der Waals surface area contributed by atoms with Crippen molar-refractivity contribution in [3.63, 3.8) is 0 Å². The highest BCUT2D eigenvalue weighted by molar-refractivity contribution is 6.43. The van der Waals surface area contributed by atoms with Crippen molar-refractivity contribution < 1.29 is 26.7 Å². The van der Waals surface area contributed by atoms with Gasteiger partial charge in [0.1, 0.15) is 0 Å². The molecule has 0 amide bonds. The molecule has 0 spiro atoms. The number of hydrogen-bond acceptors (Lipinski definition) is 1. The van der Waals surface area contributed by atoms with Gasteiger partial charge >= 0.3 is 12.3 Å². The average Bonchev–Trinajstić information content (AvgIpc) is 1.56. The van der Waals surface area contributed by atoms with E-state index in [1.54, 1.807) is 0 Å². The third kappa shape index (κ3) is 3.39. The summed E-state index contributed by atoms with van der Waals surface area (Å²) in [4.78, 5) is 0. The van der Waals surface area contributed by atoms with Crippen molar-refractivity contribution >= 4 is 23.2 Å². The molecule has 0 aliphatic heterocycles. The first kappa shape index (κ1) is 11.2. The van der Waals surface area contributed by atoms with E-state index < -0.39 is 17.3 Å². The van der Waals surface area contributed by atoms with Crippen LogP contribution in [0, 0.1) is 0 Å². The Morgan fingerprint density at radius 2 is 1.36 bits per heavy atom. The summed E-state index contributed by atoms with van der Waals surface area (Å²) >= 11 is 9.06. The van der Waals surface area contributed by atoms with Crippen LogP contribution in [0.3, 0.4) is 0 Å². The molecular formula is C3HCl2F5O. The second-order valence-electron chi connectivity index (χ2n) is 1.39. The molecule has 0 unspecified atom stereocenters. The Kier molecular flexibility index (Phi) is 3.34. The molecule has 0 aromatic rings. The minimum Gasteiger partial charge on any atom is -0.279 e. The van der Waals surface area contributed by atoms with Gasteiger partial charge in [0.15, 0.2) is 0 Å². The number of ether oxygens (including phenoxy) is 1. The van der Waals surface area contributed by atoms with Gasteiger partial charge in [-0.2, -0.15) is 22.0 Å². The van der Waals surface area contributed by atoms with E-state index in [1.807, 2.05) is 0 Å². The van der Waals surface area contributed by atoms with Crippen LogP contribution in [0.4, 0.5) is 22.0 Å². The second kappa shape index (κ2) is 3.28. The molecule has 0 radical (unpaired) electrons. The lowest BCUT2D eigenvalue weighted by atomic mass is 10.6. The van der Waals surface area contributed by atoms with Gasteiger partial charge in [-0.1, -0.05) is 23.2 Å². The number of hydrogen-bond donors (Lipinski definition) is 0. The fourth-order valence-electron chi connectivity index (χ4n) is 0.179. The molecule has 0 fully saturated rings. The molecule has 0 saturated carbocycles. The largest absolute Gasteiger partial charge is 0.483 e. The van der Waals surface area contributed by atoms with Gasteiger partial charge in [0.2, 0.25) is 5.02 Å². The third-order valence-electron chi connectivity index (χ3n) is 0.567. The summed E-state index contributed by atoms with van der Waals surface area (Å²) in [5.41, 5.74) is 0. The van der Waals surface area contributed by atoms with Gasteiger partial charge in [0, 0.05) is 0 Å². The fraction of sp³-hybridized carbons (Fsp3) is 1.00. The van der Waals surface area contributed by atoms with E-state index >= 15 is 0 Å². The Morgan fingerprint density at radius 1 is 1.00 bits per heavy atom. The maximum absolute atomic E-state index is 11.7. The summed E-state index contributed by atoms with van der Waals surface area (Å²) in [5, 5.41) is -2.22. The smallest absolute Gasteiger partial charge is 0.279 e. The van der Waals surface area contributed by atoms with Crippen molar-refractivity contribution in [2.45, 2.75) is 17.3 Å². The van der Waals surface area contributed by atoms with Crippen LogP contribution in [0.1, 0.15) is 0 Å². The van der Waals surface area contributed by atoms with E-state index in [-0.39, 0.29) is 0 Å². The molecule has 0 atom stereocenters. The average molecular weight is 219 g/mol. The highest BCUT2D eigenvalue weighted by Crippen LogP contribution is 2.38. The van der Waals surface area contributed by atoms with Gasteiger partial charge in [-0.25, -0.2) is 0 Å². The van der Waals surface area contributed by atoms with Crippen LogP contribution >= 0.6 is 23.2 Å². The topological polar surface area (TPSA) is 9.23 Å². The maximum atomic E-state index is 11.7. The van der Waals surface area contributed by atoms with Crippen LogP contribution in [0.25, 0.3) is 0 Å². The predicted molar refractivity (Wildman–Crippen MR) is 27.6 cm³/mol.